The van der Waals surface area contributed by atoms with Crippen LogP contribution in [0, 0.1) is 11.3 Å². The molecule has 21 heavy (non-hydrogen) atoms. The number of benzene rings is 1. The lowest BCUT2D eigenvalue weighted by atomic mass is 10.1. The fourth-order valence-electron chi connectivity index (χ4n) is 1.90. The van der Waals surface area contributed by atoms with E-state index >= 15 is 0 Å². The van der Waals surface area contributed by atoms with Gasteiger partial charge in [-0.3, -0.25) is 0 Å². The van der Waals surface area contributed by atoms with Crippen molar-refractivity contribution in [2.75, 3.05) is 6.54 Å². The molecule has 0 aliphatic rings. The number of nitrogens with zero attached hydrogens (tertiary/aromatic N) is 2. The van der Waals surface area contributed by atoms with Gasteiger partial charge in [-0.05, 0) is 48.4 Å². The van der Waals surface area contributed by atoms with Crippen molar-refractivity contribution in [1.29, 1.82) is 5.26 Å². The summed E-state index contributed by atoms with van der Waals surface area (Å²) in [4.78, 5) is 3.91. The molecule has 0 saturated heterocycles. The molecular formula is C15H13Cl2N3O. The third-order valence-corrected chi connectivity index (χ3v) is 3.32. The zero-order valence-electron chi connectivity index (χ0n) is 11.1. The molecule has 1 aromatic heterocycles. The molecule has 0 aliphatic heterocycles. The zero-order valence-corrected chi connectivity index (χ0v) is 12.7. The molecule has 0 unspecified atom stereocenters. The van der Waals surface area contributed by atoms with Crippen LogP contribution < -0.4 is 10.5 Å². The molecule has 1 aromatic carbocycles. The van der Waals surface area contributed by atoms with Gasteiger partial charge in [-0.2, -0.15) is 5.26 Å². The first-order chi connectivity index (χ1) is 10.1. The van der Waals surface area contributed by atoms with Gasteiger partial charge in [-0.25, -0.2) is 4.98 Å². The number of halogens is 2. The Morgan fingerprint density at radius 1 is 1.29 bits per heavy atom. The first-order valence-electron chi connectivity index (χ1n) is 6.30. The van der Waals surface area contributed by atoms with Gasteiger partial charge in [-0.15, -0.1) is 0 Å². The second-order valence-corrected chi connectivity index (χ2v) is 5.21. The Kier molecular flexibility index (Phi) is 5.40. The molecule has 0 spiro atoms. The maximum absolute atomic E-state index is 8.83. The standard InChI is InChI=1S/C15H13Cl2N3O/c16-12-6-11(1-3-18)15(14(17)7-12)21-9-10-2-4-20-13(5-10)8-19/h2,4-7H,1,3,9,18H2. The monoisotopic (exact) mass is 321 g/mol. The van der Waals surface area contributed by atoms with E-state index in [2.05, 4.69) is 4.98 Å². The summed E-state index contributed by atoms with van der Waals surface area (Å²) < 4.78 is 5.78. The van der Waals surface area contributed by atoms with Gasteiger partial charge in [0.15, 0.2) is 0 Å². The van der Waals surface area contributed by atoms with E-state index in [0.29, 0.717) is 34.5 Å². The van der Waals surface area contributed by atoms with E-state index in [0.717, 1.165) is 11.1 Å². The van der Waals surface area contributed by atoms with Crippen molar-refractivity contribution >= 4 is 23.2 Å². The number of pyridine rings is 1. The second-order valence-electron chi connectivity index (χ2n) is 4.36. The number of hydrogen-bond donors (Lipinski definition) is 1. The molecule has 6 heteroatoms. The van der Waals surface area contributed by atoms with Crippen LogP contribution in [-0.2, 0) is 13.0 Å². The van der Waals surface area contributed by atoms with Crippen LogP contribution in [0.1, 0.15) is 16.8 Å². The van der Waals surface area contributed by atoms with Crippen molar-refractivity contribution in [2.24, 2.45) is 5.73 Å². The van der Waals surface area contributed by atoms with Crippen molar-refractivity contribution in [1.82, 2.24) is 4.98 Å². The van der Waals surface area contributed by atoms with Crippen LogP contribution >= 0.6 is 23.2 Å². The lowest BCUT2D eigenvalue weighted by molar-refractivity contribution is 0.303. The first kappa shape index (κ1) is 15.6. The van der Waals surface area contributed by atoms with Crippen LogP contribution in [0.25, 0.3) is 0 Å². The summed E-state index contributed by atoms with van der Waals surface area (Å²) in [6.45, 7) is 0.761. The third-order valence-electron chi connectivity index (χ3n) is 2.82. The number of nitriles is 1. The van der Waals surface area contributed by atoms with Crippen LogP contribution in [0.5, 0.6) is 5.75 Å². The number of rotatable bonds is 5. The molecule has 0 radical (unpaired) electrons. The van der Waals surface area contributed by atoms with Crippen LogP contribution in [0.4, 0.5) is 0 Å². The lowest BCUT2D eigenvalue weighted by Gasteiger charge is -2.13. The average Bonchev–Trinajstić information content (AvgIpc) is 2.47. The van der Waals surface area contributed by atoms with Gasteiger partial charge in [0.05, 0.1) is 5.02 Å². The van der Waals surface area contributed by atoms with Crippen LogP contribution in [0.2, 0.25) is 10.0 Å². The van der Waals surface area contributed by atoms with Crippen LogP contribution in [0.15, 0.2) is 30.5 Å². The number of ether oxygens (including phenoxy) is 1. The normalized spacial score (nSPS) is 10.2. The van der Waals surface area contributed by atoms with E-state index in [9.17, 15) is 0 Å². The van der Waals surface area contributed by atoms with Gasteiger partial charge in [0.2, 0.25) is 0 Å². The van der Waals surface area contributed by atoms with E-state index in [1.807, 2.05) is 6.07 Å². The molecule has 0 fully saturated rings. The largest absolute Gasteiger partial charge is 0.487 e. The number of hydrogen-bond acceptors (Lipinski definition) is 4. The lowest BCUT2D eigenvalue weighted by Crippen LogP contribution is -2.06. The smallest absolute Gasteiger partial charge is 0.141 e. The number of aromatic nitrogens is 1. The minimum atomic E-state index is 0.288. The summed E-state index contributed by atoms with van der Waals surface area (Å²) in [5, 5.41) is 9.83. The Morgan fingerprint density at radius 2 is 2.10 bits per heavy atom. The van der Waals surface area contributed by atoms with E-state index in [4.69, 9.17) is 38.9 Å². The van der Waals surface area contributed by atoms with Gasteiger partial charge in [0.1, 0.15) is 24.1 Å². The van der Waals surface area contributed by atoms with Gasteiger partial charge < -0.3 is 10.5 Å². The minimum Gasteiger partial charge on any atom is -0.487 e. The first-order valence-corrected chi connectivity index (χ1v) is 7.05. The Balaban J connectivity index is 2.21. The summed E-state index contributed by atoms with van der Waals surface area (Å²) in [5.74, 6) is 0.571. The van der Waals surface area contributed by atoms with Gasteiger partial charge in [-0.1, -0.05) is 23.2 Å². The predicted molar refractivity (Wildman–Crippen MR) is 82.5 cm³/mol. The van der Waals surface area contributed by atoms with E-state index < -0.39 is 0 Å². The quantitative estimate of drug-likeness (QED) is 0.916. The summed E-state index contributed by atoms with van der Waals surface area (Å²) >= 11 is 12.2. The van der Waals surface area contributed by atoms with E-state index in [-0.39, 0.29) is 6.61 Å². The van der Waals surface area contributed by atoms with Crippen molar-refractivity contribution in [3.63, 3.8) is 0 Å². The van der Waals surface area contributed by atoms with Crippen molar-refractivity contribution in [2.45, 2.75) is 13.0 Å². The molecule has 0 bridgehead atoms. The molecule has 4 nitrogen and oxygen atoms in total. The molecule has 0 saturated carbocycles. The zero-order chi connectivity index (χ0) is 15.2. The van der Waals surface area contributed by atoms with E-state index in [1.54, 1.807) is 30.5 Å². The molecule has 108 valence electrons. The maximum Gasteiger partial charge on any atom is 0.141 e. The Morgan fingerprint density at radius 3 is 2.81 bits per heavy atom. The molecule has 0 amide bonds. The highest BCUT2D eigenvalue weighted by atomic mass is 35.5. The summed E-state index contributed by atoms with van der Waals surface area (Å²) in [6.07, 6.45) is 2.19. The second kappa shape index (κ2) is 7.28. The van der Waals surface area contributed by atoms with Crippen molar-refractivity contribution < 1.29 is 4.74 Å². The molecule has 0 atom stereocenters. The topological polar surface area (TPSA) is 71.9 Å². The highest BCUT2D eigenvalue weighted by Crippen LogP contribution is 2.33. The van der Waals surface area contributed by atoms with Crippen LogP contribution in [-0.4, -0.2) is 11.5 Å². The minimum absolute atomic E-state index is 0.288. The molecule has 0 aliphatic carbocycles. The van der Waals surface area contributed by atoms with Gasteiger partial charge in [0, 0.05) is 11.2 Å². The highest BCUT2D eigenvalue weighted by molar-refractivity contribution is 6.35. The SMILES string of the molecule is N#Cc1cc(COc2c(Cl)cc(Cl)cc2CCN)ccn1. The Labute approximate surface area is 133 Å². The highest BCUT2D eigenvalue weighted by Gasteiger charge is 2.11. The summed E-state index contributed by atoms with van der Waals surface area (Å²) in [7, 11) is 0. The number of nitrogens with two attached hydrogens (primary N) is 1. The van der Waals surface area contributed by atoms with Gasteiger partial charge >= 0.3 is 0 Å². The molecule has 2 N–H and O–H groups in total. The third kappa shape index (κ3) is 4.08. The van der Waals surface area contributed by atoms with E-state index in [1.165, 1.54) is 0 Å². The molecule has 1 heterocycles. The molecule has 2 aromatic rings. The predicted octanol–water partition coefficient (Wildman–Crippen LogP) is 3.34. The fourth-order valence-corrected chi connectivity index (χ4v) is 2.49. The Hall–Kier alpha value is -1.80. The summed E-state index contributed by atoms with van der Waals surface area (Å²) in [6, 6.07) is 8.87. The summed E-state index contributed by atoms with van der Waals surface area (Å²) in [5.41, 5.74) is 7.64. The Bertz CT molecular complexity index is 683. The maximum atomic E-state index is 8.83. The van der Waals surface area contributed by atoms with Gasteiger partial charge in [0.25, 0.3) is 0 Å². The molecule has 2 rings (SSSR count). The van der Waals surface area contributed by atoms with Crippen molar-refractivity contribution in [3.8, 4) is 11.8 Å². The van der Waals surface area contributed by atoms with Crippen LogP contribution in [0.3, 0.4) is 0 Å². The fraction of sp³-hybridized carbons (Fsp3) is 0.200. The molecular weight excluding hydrogens is 309 g/mol. The average molecular weight is 322 g/mol. The van der Waals surface area contributed by atoms with Crippen molar-refractivity contribution in [3.05, 3.63) is 57.3 Å².